The Bertz CT molecular complexity index is 1380. The summed E-state index contributed by atoms with van der Waals surface area (Å²) >= 11 is 0. The highest BCUT2D eigenvalue weighted by molar-refractivity contribution is 7.52. The van der Waals surface area contributed by atoms with Crippen molar-refractivity contribution in [1.82, 2.24) is 19.6 Å². The van der Waals surface area contributed by atoms with Crippen molar-refractivity contribution in [3.63, 3.8) is 0 Å². The quantitative estimate of drug-likeness (QED) is 0.233. The fourth-order valence-corrected chi connectivity index (χ4v) is 5.90. The number of ether oxygens (including phenoxy) is 2. The molecule has 0 aliphatic rings. The van der Waals surface area contributed by atoms with E-state index in [1.54, 1.807) is 19.2 Å². The highest BCUT2D eigenvalue weighted by Crippen LogP contribution is 2.46. The molecule has 0 saturated heterocycles. The van der Waals surface area contributed by atoms with Crippen molar-refractivity contribution < 1.29 is 23.1 Å². The average molecular weight is 528 g/mol. The molecule has 0 radical (unpaired) electrons. The van der Waals surface area contributed by atoms with Gasteiger partial charge in [-0.2, -0.15) is 0 Å². The molecule has 3 atom stereocenters. The van der Waals surface area contributed by atoms with Crippen LogP contribution in [0.25, 0.3) is 21.9 Å². The zero-order valence-corrected chi connectivity index (χ0v) is 22.5. The van der Waals surface area contributed by atoms with E-state index in [0.29, 0.717) is 42.7 Å². The lowest BCUT2D eigenvalue weighted by molar-refractivity contribution is 0.120. The number of aromatic nitrogens is 3. The van der Waals surface area contributed by atoms with Crippen LogP contribution in [0, 0.1) is 0 Å². The van der Waals surface area contributed by atoms with Crippen LogP contribution < -0.4 is 15.3 Å². The highest BCUT2D eigenvalue weighted by atomic mass is 31.2. The van der Waals surface area contributed by atoms with E-state index in [9.17, 15) is 4.57 Å². The van der Waals surface area contributed by atoms with Crippen molar-refractivity contribution in [1.29, 1.82) is 0 Å². The fourth-order valence-electron chi connectivity index (χ4n) is 4.19. The van der Waals surface area contributed by atoms with Crippen LogP contribution in [-0.4, -0.2) is 47.0 Å². The van der Waals surface area contributed by atoms with Gasteiger partial charge in [-0.1, -0.05) is 36.4 Å². The summed E-state index contributed by atoms with van der Waals surface area (Å²) in [6, 6.07) is 16.4. The minimum Gasteiger partial charge on any atom is -0.413 e. The van der Waals surface area contributed by atoms with Gasteiger partial charge in [-0.25, -0.2) is 19.6 Å². The summed E-state index contributed by atoms with van der Waals surface area (Å²) in [6.07, 6.45) is -0.539. The molecule has 37 heavy (non-hydrogen) atoms. The maximum absolute atomic E-state index is 13.9. The van der Waals surface area contributed by atoms with E-state index in [1.807, 2.05) is 67.8 Å². The Labute approximate surface area is 216 Å². The van der Waals surface area contributed by atoms with Gasteiger partial charge in [-0.15, -0.1) is 0 Å². The number of nitrogens with one attached hydrogen (secondary N) is 1. The van der Waals surface area contributed by atoms with Gasteiger partial charge in [0.2, 0.25) is 0 Å². The molecule has 2 heterocycles. The lowest BCUT2D eigenvalue weighted by Gasteiger charge is -2.26. The van der Waals surface area contributed by atoms with Crippen LogP contribution in [0.2, 0.25) is 0 Å². The summed E-state index contributed by atoms with van der Waals surface area (Å²) in [4.78, 5) is 9.27. The second kappa shape index (κ2) is 12.0. The molecular weight excluding hydrogens is 493 g/mol. The summed E-state index contributed by atoms with van der Waals surface area (Å²) in [5, 5.41) is 3.89. The number of benzene rings is 2. The Hall–Kier alpha value is -3.01. The number of pyridine rings is 1. The molecule has 0 bridgehead atoms. The minimum atomic E-state index is -3.79. The zero-order valence-electron chi connectivity index (χ0n) is 21.6. The Morgan fingerprint density at radius 3 is 2.54 bits per heavy atom. The predicted octanol–water partition coefficient (Wildman–Crippen LogP) is 4.92. The SMILES string of the molecule is CCOCc1nc2c(N)nc3ccccc3c2n1C[C@@H](C)O[P@@](=O)(N[C@@H](C)COC)Oc1ccccc1. The number of anilines is 1. The van der Waals surface area contributed by atoms with Gasteiger partial charge >= 0.3 is 7.75 Å². The fraction of sp³-hybridized carbons (Fsp3) is 0.385. The first-order valence-electron chi connectivity index (χ1n) is 12.2. The van der Waals surface area contributed by atoms with E-state index in [-0.39, 0.29) is 12.6 Å². The highest BCUT2D eigenvalue weighted by Gasteiger charge is 2.32. The Balaban J connectivity index is 1.69. The minimum absolute atomic E-state index is 0.274. The van der Waals surface area contributed by atoms with Crippen LogP contribution >= 0.6 is 7.75 Å². The van der Waals surface area contributed by atoms with Gasteiger partial charge in [0, 0.05) is 25.1 Å². The smallest absolute Gasteiger partial charge is 0.413 e. The molecule has 0 fully saturated rings. The molecular formula is C26H34N5O5P. The third-order valence-electron chi connectivity index (χ3n) is 5.65. The normalized spacial score (nSPS) is 15.0. The lowest BCUT2D eigenvalue weighted by atomic mass is 10.2. The van der Waals surface area contributed by atoms with Crippen molar-refractivity contribution in [2.24, 2.45) is 0 Å². The van der Waals surface area contributed by atoms with Gasteiger partial charge in [0.25, 0.3) is 0 Å². The first-order valence-corrected chi connectivity index (χ1v) is 13.8. The third kappa shape index (κ3) is 6.47. The van der Waals surface area contributed by atoms with Gasteiger partial charge in [-0.05, 0) is 39.0 Å². The van der Waals surface area contributed by atoms with E-state index >= 15 is 0 Å². The number of hydrogen-bond acceptors (Lipinski definition) is 8. The molecule has 3 N–H and O–H groups in total. The Morgan fingerprint density at radius 2 is 1.81 bits per heavy atom. The molecule has 0 saturated carbocycles. The van der Waals surface area contributed by atoms with Gasteiger partial charge in [0.1, 0.15) is 23.7 Å². The van der Waals surface area contributed by atoms with Crippen LogP contribution in [0.5, 0.6) is 5.75 Å². The molecule has 4 aromatic rings. The molecule has 0 unspecified atom stereocenters. The molecule has 0 amide bonds. The van der Waals surface area contributed by atoms with Crippen LogP contribution in [0.15, 0.2) is 54.6 Å². The molecule has 2 aromatic heterocycles. The summed E-state index contributed by atoms with van der Waals surface area (Å²) in [6.45, 7) is 7.10. The van der Waals surface area contributed by atoms with Crippen LogP contribution in [0.3, 0.4) is 0 Å². The maximum Gasteiger partial charge on any atom is 0.459 e. The number of nitrogen functional groups attached to an aromatic ring is 1. The van der Waals surface area contributed by atoms with Crippen LogP contribution in [0.1, 0.15) is 26.6 Å². The molecule has 2 aromatic carbocycles. The second-order valence-corrected chi connectivity index (χ2v) is 10.4. The van der Waals surface area contributed by atoms with Gasteiger partial charge in [0.05, 0.1) is 30.3 Å². The number of nitrogens with two attached hydrogens (primary N) is 1. The second-order valence-electron chi connectivity index (χ2n) is 8.79. The first kappa shape index (κ1) is 27.0. The lowest BCUT2D eigenvalue weighted by Crippen LogP contribution is -2.32. The molecule has 4 rings (SSSR count). The van der Waals surface area contributed by atoms with E-state index in [0.717, 1.165) is 16.4 Å². The first-order chi connectivity index (χ1) is 17.8. The molecule has 11 heteroatoms. The van der Waals surface area contributed by atoms with Crippen molar-refractivity contribution in [2.75, 3.05) is 26.1 Å². The summed E-state index contributed by atoms with van der Waals surface area (Å²) in [7, 11) is -2.20. The maximum atomic E-state index is 13.9. The number of methoxy groups -OCH3 is 1. The summed E-state index contributed by atoms with van der Waals surface area (Å²) in [5.41, 5.74) is 8.47. The topological polar surface area (TPSA) is 123 Å². The predicted molar refractivity (Wildman–Crippen MR) is 144 cm³/mol. The van der Waals surface area contributed by atoms with E-state index in [1.165, 1.54) is 0 Å². The number of imidazole rings is 1. The molecule has 0 aliphatic carbocycles. The van der Waals surface area contributed by atoms with Gasteiger partial charge in [0.15, 0.2) is 5.82 Å². The number of para-hydroxylation sites is 2. The Morgan fingerprint density at radius 1 is 1.08 bits per heavy atom. The third-order valence-corrected chi connectivity index (χ3v) is 7.49. The Kier molecular flexibility index (Phi) is 8.79. The number of hydrogen-bond donors (Lipinski definition) is 2. The van der Waals surface area contributed by atoms with Gasteiger partial charge < -0.3 is 24.3 Å². The van der Waals surface area contributed by atoms with E-state index in [2.05, 4.69) is 10.1 Å². The summed E-state index contributed by atoms with van der Waals surface area (Å²) < 4.78 is 38.8. The van der Waals surface area contributed by atoms with Crippen molar-refractivity contribution >= 4 is 35.5 Å². The van der Waals surface area contributed by atoms with Crippen LogP contribution in [0.4, 0.5) is 5.82 Å². The largest absolute Gasteiger partial charge is 0.459 e. The van der Waals surface area contributed by atoms with Crippen LogP contribution in [-0.2, 0) is 31.7 Å². The van der Waals surface area contributed by atoms with Crippen molar-refractivity contribution in [3.05, 3.63) is 60.4 Å². The van der Waals surface area contributed by atoms with Crippen molar-refractivity contribution in [3.8, 4) is 5.75 Å². The zero-order chi connectivity index (χ0) is 26.4. The summed E-state index contributed by atoms with van der Waals surface area (Å²) in [5.74, 6) is 1.45. The number of rotatable bonds is 13. The number of fused-ring (bicyclic) bond motifs is 3. The molecule has 198 valence electrons. The van der Waals surface area contributed by atoms with Crippen molar-refractivity contribution in [2.45, 2.75) is 46.1 Å². The number of nitrogens with zero attached hydrogens (tertiary/aromatic N) is 3. The molecule has 0 spiro atoms. The van der Waals surface area contributed by atoms with E-state index < -0.39 is 13.9 Å². The molecule has 10 nitrogen and oxygen atoms in total. The monoisotopic (exact) mass is 527 g/mol. The van der Waals surface area contributed by atoms with Gasteiger partial charge in [-0.3, -0.25) is 4.52 Å². The van der Waals surface area contributed by atoms with E-state index in [4.69, 9.17) is 29.2 Å². The average Bonchev–Trinajstić information content (AvgIpc) is 3.22. The molecule has 0 aliphatic heterocycles. The standard InChI is InChI=1S/C26H34N5O5P/c1-5-34-17-23-29-24-25(21-13-9-10-14-22(21)28-26(24)27)31(23)15-19(3)35-37(32,30-18(2)16-33-4)36-20-11-7-6-8-12-20/h6-14,18-19H,5,15-17H2,1-4H3,(H2,27,28)(H,30,32)/t18-,19+,37-/m0/s1.